The predicted molar refractivity (Wildman–Crippen MR) is 99.1 cm³/mol. The maximum Gasteiger partial charge on any atom is 0.251 e. The SMILES string of the molecule is Cc1ccc([C@H](NC(=O)c2ccc(CS(C)(=O)=O)cc2)C2CC2)cc1. The van der Waals surface area contributed by atoms with Crippen LogP contribution < -0.4 is 5.32 Å². The molecule has 1 atom stereocenters. The van der Waals surface area contributed by atoms with Crippen molar-refractivity contribution in [1.82, 2.24) is 5.32 Å². The summed E-state index contributed by atoms with van der Waals surface area (Å²) in [6, 6.07) is 15.1. The molecule has 0 unspecified atom stereocenters. The minimum atomic E-state index is -3.07. The molecule has 1 aliphatic carbocycles. The largest absolute Gasteiger partial charge is 0.345 e. The minimum absolute atomic E-state index is 0.0109. The van der Waals surface area contributed by atoms with Gasteiger partial charge in [-0.15, -0.1) is 0 Å². The van der Waals surface area contributed by atoms with Crippen LogP contribution in [0.1, 0.15) is 45.9 Å². The van der Waals surface area contributed by atoms with Gasteiger partial charge in [0.25, 0.3) is 5.91 Å². The maximum atomic E-state index is 12.6. The van der Waals surface area contributed by atoms with E-state index in [1.807, 2.05) is 6.92 Å². The smallest absolute Gasteiger partial charge is 0.251 e. The Morgan fingerprint density at radius 1 is 1.08 bits per heavy atom. The highest BCUT2D eigenvalue weighted by Gasteiger charge is 2.33. The summed E-state index contributed by atoms with van der Waals surface area (Å²) in [5, 5.41) is 3.14. The van der Waals surface area contributed by atoms with Gasteiger partial charge < -0.3 is 5.32 Å². The molecule has 1 N–H and O–H groups in total. The van der Waals surface area contributed by atoms with Gasteiger partial charge in [-0.2, -0.15) is 0 Å². The zero-order valence-corrected chi connectivity index (χ0v) is 15.3. The number of nitrogens with one attached hydrogen (secondary N) is 1. The highest BCUT2D eigenvalue weighted by atomic mass is 32.2. The predicted octanol–water partition coefficient (Wildman–Crippen LogP) is 3.42. The summed E-state index contributed by atoms with van der Waals surface area (Å²) in [7, 11) is -3.07. The van der Waals surface area contributed by atoms with Gasteiger partial charge in [0.15, 0.2) is 9.84 Å². The molecule has 0 heterocycles. The number of hydrogen-bond donors (Lipinski definition) is 1. The van der Waals surface area contributed by atoms with E-state index in [1.165, 1.54) is 11.8 Å². The third-order valence-corrected chi connectivity index (χ3v) is 5.32. The minimum Gasteiger partial charge on any atom is -0.345 e. The van der Waals surface area contributed by atoms with Crippen molar-refractivity contribution in [3.05, 3.63) is 70.8 Å². The number of hydrogen-bond acceptors (Lipinski definition) is 3. The second kappa shape index (κ2) is 7.00. The Hall–Kier alpha value is -2.14. The average molecular weight is 357 g/mol. The van der Waals surface area contributed by atoms with Crippen molar-refractivity contribution in [3.8, 4) is 0 Å². The first-order valence-corrected chi connectivity index (χ1v) is 10.5. The lowest BCUT2D eigenvalue weighted by atomic mass is 10.0. The van der Waals surface area contributed by atoms with Crippen molar-refractivity contribution in [3.63, 3.8) is 0 Å². The van der Waals surface area contributed by atoms with Gasteiger partial charge in [0, 0.05) is 11.8 Å². The number of amides is 1. The molecule has 4 nitrogen and oxygen atoms in total. The Morgan fingerprint density at radius 3 is 2.20 bits per heavy atom. The highest BCUT2D eigenvalue weighted by Crippen LogP contribution is 2.41. The number of carbonyl (C=O) groups excluding carboxylic acids is 1. The maximum absolute atomic E-state index is 12.6. The molecule has 1 amide bonds. The lowest BCUT2D eigenvalue weighted by molar-refractivity contribution is 0.0931. The van der Waals surface area contributed by atoms with E-state index < -0.39 is 9.84 Å². The van der Waals surface area contributed by atoms with E-state index in [0.29, 0.717) is 17.0 Å². The van der Waals surface area contributed by atoms with Gasteiger partial charge in [0.05, 0.1) is 11.8 Å². The van der Waals surface area contributed by atoms with Crippen LogP contribution in [0.3, 0.4) is 0 Å². The zero-order valence-electron chi connectivity index (χ0n) is 14.5. The molecule has 0 bridgehead atoms. The highest BCUT2D eigenvalue weighted by molar-refractivity contribution is 7.89. The fourth-order valence-corrected chi connectivity index (χ4v) is 3.75. The van der Waals surface area contributed by atoms with Crippen LogP contribution in [0.15, 0.2) is 48.5 Å². The Bertz CT molecular complexity index is 851. The standard InChI is InChI=1S/C20H23NO3S/c1-14-3-7-16(8-4-14)19(17-11-12-17)21-20(22)18-9-5-15(6-10-18)13-25(2,23)24/h3-10,17,19H,11-13H2,1-2H3,(H,21,22)/t19-/m0/s1. The van der Waals surface area contributed by atoms with E-state index in [1.54, 1.807) is 24.3 Å². The molecule has 1 fully saturated rings. The van der Waals surface area contributed by atoms with E-state index in [2.05, 4.69) is 29.6 Å². The van der Waals surface area contributed by atoms with Crippen molar-refractivity contribution in [2.45, 2.75) is 31.6 Å². The topological polar surface area (TPSA) is 63.2 Å². The monoisotopic (exact) mass is 357 g/mol. The molecule has 0 aromatic heterocycles. The van der Waals surface area contributed by atoms with Crippen LogP contribution in [-0.2, 0) is 15.6 Å². The molecule has 0 aliphatic heterocycles. The van der Waals surface area contributed by atoms with Gasteiger partial charge >= 0.3 is 0 Å². The summed E-state index contributed by atoms with van der Waals surface area (Å²) in [6.45, 7) is 2.05. The van der Waals surface area contributed by atoms with Crippen LogP contribution in [0.2, 0.25) is 0 Å². The quantitative estimate of drug-likeness (QED) is 0.861. The third-order valence-electron chi connectivity index (χ3n) is 4.46. The lowest BCUT2D eigenvalue weighted by Gasteiger charge is -2.19. The average Bonchev–Trinajstić information content (AvgIpc) is 3.37. The molecule has 2 aromatic rings. The van der Waals surface area contributed by atoms with Crippen LogP contribution in [0, 0.1) is 12.8 Å². The molecule has 2 aromatic carbocycles. The van der Waals surface area contributed by atoms with Crippen LogP contribution >= 0.6 is 0 Å². The van der Waals surface area contributed by atoms with E-state index in [-0.39, 0.29) is 17.7 Å². The molecule has 25 heavy (non-hydrogen) atoms. The third kappa shape index (κ3) is 4.92. The van der Waals surface area contributed by atoms with Gasteiger partial charge in [0.2, 0.25) is 0 Å². The molecule has 1 saturated carbocycles. The Labute approximate surface area is 149 Å². The molecule has 0 spiro atoms. The number of carbonyl (C=O) groups is 1. The second-order valence-electron chi connectivity index (χ2n) is 6.97. The van der Waals surface area contributed by atoms with Crippen molar-refractivity contribution >= 4 is 15.7 Å². The summed E-state index contributed by atoms with van der Waals surface area (Å²) >= 11 is 0. The summed E-state index contributed by atoms with van der Waals surface area (Å²) in [5.74, 6) is 0.364. The first-order valence-electron chi connectivity index (χ1n) is 8.46. The molecule has 132 valence electrons. The Morgan fingerprint density at radius 2 is 1.68 bits per heavy atom. The first-order chi connectivity index (χ1) is 11.8. The molecule has 3 rings (SSSR count). The molecular weight excluding hydrogens is 334 g/mol. The van der Waals surface area contributed by atoms with Gasteiger partial charge in [-0.1, -0.05) is 42.0 Å². The first kappa shape index (κ1) is 17.7. The van der Waals surface area contributed by atoms with E-state index in [0.717, 1.165) is 18.4 Å². The van der Waals surface area contributed by atoms with Gasteiger partial charge in [-0.25, -0.2) is 8.42 Å². The second-order valence-corrected chi connectivity index (χ2v) is 9.11. The Kier molecular flexibility index (Phi) is 4.95. The van der Waals surface area contributed by atoms with Crippen molar-refractivity contribution < 1.29 is 13.2 Å². The van der Waals surface area contributed by atoms with Gasteiger partial charge in [-0.3, -0.25) is 4.79 Å². The summed E-state index contributed by atoms with van der Waals surface area (Å²) < 4.78 is 22.7. The van der Waals surface area contributed by atoms with Crippen LogP contribution in [-0.4, -0.2) is 20.6 Å². The molecule has 0 saturated heterocycles. The van der Waals surface area contributed by atoms with Crippen LogP contribution in [0.25, 0.3) is 0 Å². The van der Waals surface area contributed by atoms with Gasteiger partial charge in [-0.05, 0) is 48.9 Å². The molecule has 1 aliphatic rings. The van der Waals surface area contributed by atoms with E-state index in [4.69, 9.17) is 0 Å². The number of rotatable bonds is 6. The zero-order chi connectivity index (χ0) is 18.0. The molecule has 5 heteroatoms. The van der Waals surface area contributed by atoms with Crippen LogP contribution in [0.5, 0.6) is 0 Å². The number of benzene rings is 2. The van der Waals surface area contributed by atoms with Crippen molar-refractivity contribution in [2.24, 2.45) is 5.92 Å². The summed E-state index contributed by atoms with van der Waals surface area (Å²) in [6.07, 6.45) is 3.47. The summed E-state index contributed by atoms with van der Waals surface area (Å²) in [5.41, 5.74) is 3.58. The lowest BCUT2D eigenvalue weighted by Crippen LogP contribution is -2.29. The molecular formula is C20H23NO3S. The van der Waals surface area contributed by atoms with Crippen LogP contribution in [0.4, 0.5) is 0 Å². The van der Waals surface area contributed by atoms with Crippen molar-refractivity contribution in [1.29, 1.82) is 0 Å². The van der Waals surface area contributed by atoms with Crippen molar-refractivity contribution in [2.75, 3.05) is 6.26 Å². The van der Waals surface area contributed by atoms with E-state index >= 15 is 0 Å². The Balaban J connectivity index is 1.72. The van der Waals surface area contributed by atoms with E-state index in [9.17, 15) is 13.2 Å². The number of sulfone groups is 1. The summed E-state index contributed by atoms with van der Waals surface area (Å²) in [4.78, 5) is 12.6. The fourth-order valence-electron chi connectivity index (χ4n) is 2.96. The fraction of sp³-hybridized carbons (Fsp3) is 0.350. The molecule has 0 radical (unpaired) electrons. The van der Waals surface area contributed by atoms with Gasteiger partial charge in [0.1, 0.15) is 0 Å². The normalized spacial score (nSPS) is 15.6. The number of aryl methyl sites for hydroxylation is 1.